The van der Waals surface area contributed by atoms with Crippen molar-refractivity contribution < 1.29 is 19.0 Å². The number of rotatable bonds is 3. The van der Waals surface area contributed by atoms with E-state index in [9.17, 15) is 4.79 Å². The molecule has 0 aromatic heterocycles. The summed E-state index contributed by atoms with van der Waals surface area (Å²) >= 11 is 1.41. The van der Waals surface area contributed by atoms with Crippen LogP contribution in [0.3, 0.4) is 0 Å². The van der Waals surface area contributed by atoms with Crippen LogP contribution in [0, 0.1) is 6.92 Å². The molecule has 17 heavy (non-hydrogen) atoms. The van der Waals surface area contributed by atoms with Crippen molar-refractivity contribution in [1.29, 1.82) is 0 Å². The molecule has 0 bridgehead atoms. The van der Waals surface area contributed by atoms with Crippen molar-refractivity contribution in [3.63, 3.8) is 0 Å². The topological polar surface area (TPSA) is 44.8 Å². The van der Waals surface area contributed by atoms with E-state index in [-0.39, 0.29) is 12.3 Å². The number of carbonyl (C=O) groups excluding carboxylic acids is 1. The van der Waals surface area contributed by atoms with Crippen molar-refractivity contribution in [3.05, 3.63) is 35.4 Å². The largest absolute Gasteiger partial charge is 0.422 e. The number of benzene rings is 1. The van der Waals surface area contributed by atoms with Crippen LogP contribution in [0.25, 0.3) is 0 Å². The van der Waals surface area contributed by atoms with E-state index in [4.69, 9.17) is 14.2 Å². The molecule has 0 N–H and O–H groups in total. The third-order valence-electron chi connectivity index (χ3n) is 2.46. The third-order valence-corrected chi connectivity index (χ3v) is 3.41. The van der Waals surface area contributed by atoms with Crippen molar-refractivity contribution in [3.8, 4) is 0 Å². The second kappa shape index (κ2) is 5.53. The lowest BCUT2D eigenvalue weighted by atomic mass is 10.1. The molecule has 2 rings (SSSR count). The van der Waals surface area contributed by atoms with Gasteiger partial charge in [0.15, 0.2) is 6.29 Å². The smallest absolute Gasteiger partial charge is 0.341 e. The number of methoxy groups -OCH3 is 1. The molecule has 0 radical (unpaired) electrons. The molecule has 1 fully saturated rings. The van der Waals surface area contributed by atoms with Crippen LogP contribution in [0.2, 0.25) is 0 Å². The summed E-state index contributed by atoms with van der Waals surface area (Å²) in [6.07, 6.45) is -0.297. The first-order chi connectivity index (χ1) is 8.20. The second-order valence-corrected chi connectivity index (χ2v) is 4.70. The highest BCUT2D eigenvalue weighted by molar-refractivity contribution is 7.99. The first kappa shape index (κ1) is 12.4. The molecule has 1 aliphatic rings. The molecule has 1 aliphatic heterocycles. The van der Waals surface area contributed by atoms with Gasteiger partial charge >= 0.3 is 5.97 Å². The molecule has 1 aromatic rings. The Labute approximate surface area is 104 Å². The summed E-state index contributed by atoms with van der Waals surface area (Å²) in [6, 6.07) is 7.31. The Morgan fingerprint density at radius 1 is 1.47 bits per heavy atom. The van der Waals surface area contributed by atoms with E-state index in [1.165, 1.54) is 11.8 Å². The summed E-state index contributed by atoms with van der Waals surface area (Å²) in [5.41, 5.74) is 0.883. The summed E-state index contributed by atoms with van der Waals surface area (Å²) in [5.74, 6) is 0.305. The summed E-state index contributed by atoms with van der Waals surface area (Å²) in [6.45, 7) is 1.87. The predicted molar refractivity (Wildman–Crippen MR) is 64.7 cm³/mol. The van der Waals surface area contributed by atoms with Gasteiger partial charge < -0.3 is 14.2 Å². The summed E-state index contributed by atoms with van der Waals surface area (Å²) in [7, 11) is 1.57. The molecule has 1 saturated heterocycles. The van der Waals surface area contributed by atoms with Crippen molar-refractivity contribution in [1.82, 2.24) is 0 Å². The minimum Gasteiger partial charge on any atom is -0.422 e. The standard InChI is InChI=1S/C12H14O4S/c1-8-5-3-4-6-9(8)11(13)16-12-15-10(14-2)7-17-12/h3-6,10,12H,7H2,1-2H3/t10-,12?/m1/s1. The number of thioether (sulfide) groups is 1. The van der Waals surface area contributed by atoms with Crippen LogP contribution in [0.15, 0.2) is 24.3 Å². The van der Waals surface area contributed by atoms with E-state index in [2.05, 4.69) is 0 Å². The van der Waals surface area contributed by atoms with Crippen molar-refractivity contribution in [2.45, 2.75) is 18.8 Å². The fourth-order valence-electron chi connectivity index (χ4n) is 1.50. The Hall–Kier alpha value is -1.04. The molecule has 0 amide bonds. The van der Waals surface area contributed by atoms with Crippen LogP contribution in [0.1, 0.15) is 15.9 Å². The Kier molecular flexibility index (Phi) is 4.04. The third kappa shape index (κ3) is 3.00. The average molecular weight is 254 g/mol. The predicted octanol–water partition coefficient (Wildman–Crippen LogP) is 2.17. The molecule has 1 aromatic carbocycles. The SMILES string of the molecule is CO[C@H]1CSC(OC(=O)c2ccccc2C)O1. The molecule has 0 aliphatic carbocycles. The quantitative estimate of drug-likeness (QED) is 0.773. The van der Waals surface area contributed by atoms with Crippen molar-refractivity contribution in [2.75, 3.05) is 12.9 Å². The van der Waals surface area contributed by atoms with Gasteiger partial charge in [-0.1, -0.05) is 30.0 Å². The average Bonchev–Trinajstić information content (AvgIpc) is 2.77. The molecule has 1 heterocycles. The maximum atomic E-state index is 11.9. The molecule has 4 nitrogen and oxygen atoms in total. The van der Waals surface area contributed by atoms with E-state index in [0.29, 0.717) is 11.3 Å². The van der Waals surface area contributed by atoms with Crippen LogP contribution in [0.4, 0.5) is 0 Å². The van der Waals surface area contributed by atoms with Crippen LogP contribution in [-0.2, 0) is 14.2 Å². The van der Waals surface area contributed by atoms with Gasteiger partial charge in [-0.3, -0.25) is 0 Å². The van der Waals surface area contributed by atoms with E-state index in [1.807, 2.05) is 25.1 Å². The number of esters is 1. The monoisotopic (exact) mass is 254 g/mol. The van der Waals surface area contributed by atoms with Crippen LogP contribution in [0.5, 0.6) is 0 Å². The maximum Gasteiger partial charge on any atom is 0.341 e. The van der Waals surface area contributed by atoms with Crippen molar-refractivity contribution >= 4 is 17.7 Å². The van der Waals surface area contributed by atoms with Gasteiger partial charge in [0.25, 0.3) is 5.62 Å². The Morgan fingerprint density at radius 2 is 2.24 bits per heavy atom. The lowest BCUT2D eigenvalue weighted by Gasteiger charge is -2.12. The summed E-state index contributed by atoms with van der Waals surface area (Å²) in [5, 5.41) is 0. The second-order valence-electron chi connectivity index (χ2n) is 3.64. The Balaban J connectivity index is 1.96. The summed E-state index contributed by atoms with van der Waals surface area (Å²) in [4.78, 5) is 11.9. The van der Waals surface area contributed by atoms with E-state index in [1.54, 1.807) is 13.2 Å². The highest BCUT2D eigenvalue weighted by Crippen LogP contribution is 2.27. The summed E-state index contributed by atoms with van der Waals surface area (Å²) < 4.78 is 15.6. The number of hydrogen-bond acceptors (Lipinski definition) is 5. The van der Waals surface area contributed by atoms with Gasteiger partial charge in [0, 0.05) is 7.11 Å². The number of hydrogen-bond donors (Lipinski definition) is 0. The maximum absolute atomic E-state index is 11.9. The van der Waals surface area contributed by atoms with Crippen LogP contribution < -0.4 is 0 Å². The molecule has 0 spiro atoms. The molecular formula is C12H14O4S. The fourth-order valence-corrected chi connectivity index (χ4v) is 2.38. The molecule has 5 heteroatoms. The lowest BCUT2D eigenvalue weighted by Crippen LogP contribution is -2.19. The number of carbonyl (C=O) groups is 1. The number of aryl methyl sites for hydroxylation is 1. The fraction of sp³-hybridized carbons (Fsp3) is 0.417. The molecule has 0 saturated carbocycles. The molecule has 92 valence electrons. The van der Waals surface area contributed by atoms with Gasteiger partial charge in [0.1, 0.15) is 0 Å². The van der Waals surface area contributed by atoms with Gasteiger partial charge in [-0.25, -0.2) is 4.79 Å². The zero-order valence-corrected chi connectivity index (χ0v) is 10.5. The van der Waals surface area contributed by atoms with E-state index >= 15 is 0 Å². The number of ether oxygens (including phenoxy) is 3. The van der Waals surface area contributed by atoms with Gasteiger partial charge in [-0.05, 0) is 18.6 Å². The normalized spacial score (nSPS) is 23.6. The minimum absolute atomic E-state index is 0.297. The van der Waals surface area contributed by atoms with Crippen molar-refractivity contribution in [2.24, 2.45) is 0 Å². The molecular weight excluding hydrogens is 240 g/mol. The van der Waals surface area contributed by atoms with Crippen LogP contribution >= 0.6 is 11.8 Å². The lowest BCUT2D eigenvalue weighted by molar-refractivity contribution is -0.160. The zero-order chi connectivity index (χ0) is 12.3. The van der Waals surface area contributed by atoms with Gasteiger partial charge in [0.05, 0.1) is 11.3 Å². The first-order valence-electron chi connectivity index (χ1n) is 5.27. The highest BCUT2D eigenvalue weighted by Gasteiger charge is 2.29. The van der Waals surface area contributed by atoms with Gasteiger partial charge in [-0.2, -0.15) is 0 Å². The Bertz CT molecular complexity index is 407. The molecule has 2 atom stereocenters. The minimum atomic E-state index is -0.577. The van der Waals surface area contributed by atoms with Gasteiger partial charge in [-0.15, -0.1) is 0 Å². The zero-order valence-electron chi connectivity index (χ0n) is 9.71. The van der Waals surface area contributed by atoms with E-state index in [0.717, 1.165) is 5.56 Å². The van der Waals surface area contributed by atoms with Gasteiger partial charge in [0.2, 0.25) is 0 Å². The molecule has 1 unspecified atom stereocenters. The van der Waals surface area contributed by atoms with E-state index < -0.39 is 5.62 Å². The van der Waals surface area contributed by atoms with Crippen LogP contribution in [-0.4, -0.2) is 30.7 Å². The Morgan fingerprint density at radius 3 is 2.88 bits per heavy atom. The highest BCUT2D eigenvalue weighted by atomic mass is 32.2. The first-order valence-corrected chi connectivity index (χ1v) is 6.32.